The monoisotopic (exact) mass is 381 g/mol. The van der Waals surface area contributed by atoms with Crippen LogP contribution in [0.4, 0.5) is 5.82 Å². The van der Waals surface area contributed by atoms with Gasteiger partial charge in [-0.3, -0.25) is 9.89 Å². The van der Waals surface area contributed by atoms with Gasteiger partial charge in [-0.2, -0.15) is 5.10 Å². The van der Waals surface area contributed by atoms with Crippen molar-refractivity contribution in [3.05, 3.63) is 35.5 Å². The zero-order chi connectivity index (χ0) is 17.6. The average molecular weight is 382 g/mol. The first-order valence-corrected chi connectivity index (χ1v) is 9.81. The van der Waals surface area contributed by atoms with E-state index >= 15 is 0 Å². The van der Waals surface area contributed by atoms with E-state index in [9.17, 15) is 13.2 Å². The van der Waals surface area contributed by atoms with Crippen LogP contribution in [0.1, 0.15) is 19.3 Å². The third-order valence-corrected chi connectivity index (χ3v) is 6.74. The molecule has 2 aliphatic rings. The van der Waals surface area contributed by atoms with Gasteiger partial charge in [0.2, 0.25) is 15.7 Å². The molecule has 2 N–H and O–H groups in total. The number of benzene rings is 1. The summed E-state index contributed by atoms with van der Waals surface area (Å²) >= 11 is 5.81. The minimum Gasteiger partial charge on any atom is -0.374 e. The van der Waals surface area contributed by atoms with Crippen LogP contribution in [-0.2, 0) is 19.4 Å². The maximum atomic E-state index is 12.8. The first kappa shape index (κ1) is 16.6. The minimum atomic E-state index is -3.82. The summed E-state index contributed by atoms with van der Waals surface area (Å²) in [5, 5.41) is 9.45. The van der Waals surface area contributed by atoms with Crippen molar-refractivity contribution in [2.24, 2.45) is 5.92 Å². The predicted molar refractivity (Wildman–Crippen MR) is 90.1 cm³/mol. The van der Waals surface area contributed by atoms with E-state index in [0.29, 0.717) is 11.4 Å². The molecule has 0 aliphatic carbocycles. The molecular formula is C16H16ClN3O4S. The Bertz CT molecular complexity index is 910. The van der Waals surface area contributed by atoms with Crippen LogP contribution in [0.5, 0.6) is 0 Å². The highest BCUT2D eigenvalue weighted by Gasteiger charge is 2.44. The van der Waals surface area contributed by atoms with Gasteiger partial charge in [0.15, 0.2) is 0 Å². The molecule has 25 heavy (non-hydrogen) atoms. The second-order valence-electron chi connectivity index (χ2n) is 6.27. The lowest BCUT2D eigenvalue weighted by Crippen LogP contribution is -2.31. The van der Waals surface area contributed by atoms with Crippen molar-refractivity contribution < 1.29 is 17.9 Å². The first-order chi connectivity index (χ1) is 11.9. The molecular weight excluding hydrogens is 366 g/mol. The molecule has 2 bridgehead atoms. The number of halogens is 1. The van der Waals surface area contributed by atoms with Gasteiger partial charge in [-0.25, -0.2) is 8.42 Å². The van der Waals surface area contributed by atoms with E-state index in [1.165, 1.54) is 30.5 Å². The van der Waals surface area contributed by atoms with E-state index in [0.717, 1.165) is 12.8 Å². The van der Waals surface area contributed by atoms with Crippen molar-refractivity contribution in [3.63, 3.8) is 0 Å². The Morgan fingerprint density at radius 3 is 2.68 bits per heavy atom. The summed E-state index contributed by atoms with van der Waals surface area (Å²) in [7, 11) is -3.82. The highest BCUT2D eigenvalue weighted by molar-refractivity contribution is 7.91. The number of anilines is 1. The Morgan fingerprint density at radius 1 is 1.28 bits per heavy atom. The number of nitrogens with zero attached hydrogens (tertiary/aromatic N) is 1. The molecule has 3 unspecified atom stereocenters. The number of aromatic nitrogens is 2. The summed E-state index contributed by atoms with van der Waals surface area (Å²) in [5.41, 5.74) is 0. The predicted octanol–water partition coefficient (Wildman–Crippen LogP) is 2.40. The fourth-order valence-electron chi connectivity index (χ4n) is 3.44. The van der Waals surface area contributed by atoms with E-state index in [1.807, 2.05) is 0 Å². The summed E-state index contributed by atoms with van der Waals surface area (Å²) in [5.74, 6) is -0.431. The molecule has 9 heteroatoms. The van der Waals surface area contributed by atoms with Crippen LogP contribution in [0.25, 0.3) is 0 Å². The topological polar surface area (TPSA) is 101 Å². The Balaban J connectivity index is 1.58. The molecule has 0 spiro atoms. The van der Waals surface area contributed by atoms with Gasteiger partial charge >= 0.3 is 0 Å². The van der Waals surface area contributed by atoms with Gasteiger partial charge in [0.05, 0.1) is 29.2 Å². The number of H-pyrrole nitrogens is 1. The Morgan fingerprint density at radius 2 is 2.04 bits per heavy atom. The summed E-state index contributed by atoms with van der Waals surface area (Å²) in [6.45, 7) is 0. The van der Waals surface area contributed by atoms with Gasteiger partial charge in [0, 0.05) is 5.02 Å². The van der Waals surface area contributed by atoms with Crippen molar-refractivity contribution in [3.8, 4) is 0 Å². The molecule has 2 saturated heterocycles. The molecule has 1 amide bonds. The lowest BCUT2D eigenvalue weighted by atomic mass is 9.88. The lowest BCUT2D eigenvalue weighted by molar-refractivity contribution is -0.121. The van der Waals surface area contributed by atoms with Crippen molar-refractivity contribution in [1.82, 2.24) is 10.2 Å². The van der Waals surface area contributed by atoms with Crippen molar-refractivity contribution in [2.75, 3.05) is 5.32 Å². The summed E-state index contributed by atoms with van der Waals surface area (Å²) < 4.78 is 31.2. The van der Waals surface area contributed by atoms with Crippen molar-refractivity contribution >= 4 is 33.2 Å². The Kier molecular flexibility index (Phi) is 4.05. The second kappa shape index (κ2) is 6.12. The fraction of sp³-hybridized carbons (Fsp3) is 0.375. The lowest BCUT2D eigenvalue weighted by Gasteiger charge is -2.17. The van der Waals surface area contributed by atoms with Crippen LogP contribution in [0.2, 0.25) is 5.02 Å². The highest BCUT2D eigenvalue weighted by atomic mass is 35.5. The van der Waals surface area contributed by atoms with Crippen LogP contribution in [-0.4, -0.2) is 36.7 Å². The van der Waals surface area contributed by atoms with Gasteiger partial charge < -0.3 is 10.1 Å². The number of nitrogens with one attached hydrogen (secondary N) is 2. The van der Waals surface area contributed by atoms with Gasteiger partial charge in [-0.15, -0.1) is 0 Å². The summed E-state index contributed by atoms with van der Waals surface area (Å²) in [6.07, 6.45) is 3.76. The van der Waals surface area contributed by atoms with Crippen molar-refractivity contribution in [2.45, 2.75) is 41.3 Å². The van der Waals surface area contributed by atoms with Gasteiger partial charge in [0.1, 0.15) is 10.7 Å². The molecule has 1 aromatic carbocycles. The first-order valence-electron chi connectivity index (χ1n) is 7.95. The third-order valence-electron chi connectivity index (χ3n) is 4.71. The average Bonchev–Trinajstić information content (AvgIpc) is 3.31. The zero-order valence-electron chi connectivity index (χ0n) is 13.1. The molecule has 7 nitrogen and oxygen atoms in total. The number of fused-ring (bicyclic) bond motifs is 2. The van der Waals surface area contributed by atoms with E-state index in [4.69, 9.17) is 16.3 Å². The SMILES string of the molecule is O=C(Nc1[nH]ncc1S(=O)(=O)c1ccc(Cl)cc1)C1CC2CCC1O2. The van der Waals surface area contributed by atoms with Gasteiger partial charge in [-0.05, 0) is 43.5 Å². The Labute approximate surface area is 149 Å². The molecule has 2 fully saturated rings. The molecule has 4 rings (SSSR count). The number of carbonyl (C=O) groups excluding carboxylic acids is 1. The minimum absolute atomic E-state index is 0.0720. The van der Waals surface area contributed by atoms with Crippen LogP contribution in [0, 0.1) is 5.92 Å². The smallest absolute Gasteiger partial charge is 0.231 e. The van der Waals surface area contributed by atoms with Gasteiger partial charge in [0.25, 0.3) is 0 Å². The van der Waals surface area contributed by atoms with Gasteiger partial charge in [-0.1, -0.05) is 11.6 Å². The summed E-state index contributed by atoms with van der Waals surface area (Å²) in [4.78, 5) is 12.5. The highest BCUT2D eigenvalue weighted by Crippen LogP contribution is 2.39. The van der Waals surface area contributed by atoms with E-state index < -0.39 is 9.84 Å². The molecule has 3 heterocycles. The standard InChI is InChI=1S/C16H16ClN3O4S/c17-9-1-4-11(5-2-9)25(22,23)14-8-18-20-15(14)19-16(21)12-7-10-3-6-13(12)24-10/h1-2,4-5,8,10,12-13H,3,6-7H2,(H2,18,19,20,21). The molecule has 0 radical (unpaired) electrons. The van der Waals surface area contributed by atoms with E-state index in [2.05, 4.69) is 15.5 Å². The second-order valence-corrected chi connectivity index (χ2v) is 8.63. The number of carbonyl (C=O) groups is 1. The molecule has 0 saturated carbocycles. The number of aromatic amines is 1. The molecule has 2 aromatic rings. The quantitative estimate of drug-likeness (QED) is 0.846. The fourth-order valence-corrected chi connectivity index (χ4v) is 4.87. The largest absolute Gasteiger partial charge is 0.374 e. The van der Waals surface area contributed by atoms with Crippen LogP contribution in [0.15, 0.2) is 40.3 Å². The van der Waals surface area contributed by atoms with Crippen LogP contribution >= 0.6 is 11.6 Å². The Hall–Kier alpha value is -1.90. The number of hydrogen-bond acceptors (Lipinski definition) is 5. The maximum Gasteiger partial charge on any atom is 0.231 e. The van der Waals surface area contributed by atoms with Crippen LogP contribution in [0.3, 0.4) is 0 Å². The number of ether oxygens (including phenoxy) is 1. The number of amides is 1. The summed E-state index contributed by atoms with van der Waals surface area (Å²) in [6, 6.07) is 5.83. The molecule has 132 valence electrons. The molecule has 1 aromatic heterocycles. The van der Waals surface area contributed by atoms with Crippen molar-refractivity contribution in [1.29, 1.82) is 0 Å². The molecule has 3 atom stereocenters. The van der Waals surface area contributed by atoms with E-state index in [-0.39, 0.29) is 39.6 Å². The number of sulfone groups is 1. The molecule has 2 aliphatic heterocycles. The number of rotatable bonds is 4. The third kappa shape index (κ3) is 2.94. The van der Waals surface area contributed by atoms with Crippen LogP contribution < -0.4 is 5.32 Å². The maximum absolute atomic E-state index is 12.8. The normalized spacial score (nSPS) is 25.2. The zero-order valence-corrected chi connectivity index (χ0v) is 14.7. The van der Waals surface area contributed by atoms with E-state index in [1.54, 1.807) is 0 Å². The number of hydrogen-bond donors (Lipinski definition) is 2.